The van der Waals surface area contributed by atoms with Gasteiger partial charge in [-0.1, -0.05) is 23.9 Å². The highest BCUT2D eigenvalue weighted by Gasteiger charge is 2.25. The number of hydrogen-bond acceptors (Lipinski definition) is 7. The Labute approximate surface area is 163 Å². The fraction of sp³-hybridized carbons (Fsp3) is 0.333. The van der Waals surface area contributed by atoms with Crippen molar-refractivity contribution in [2.75, 3.05) is 18.8 Å². The number of carbonyl (C=O) groups is 1. The molecule has 140 valence electrons. The number of thiazole rings is 1. The summed E-state index contributed by atoms with van der Waals surface area (Å²) in [5.74, 6) is -0.0955. The van der Waals surface area contributed by atoms with Gasteiger partial charge in [-0.3, -0.25) is 4.79 Å². The highest BCUT2D eigenvalue weighted by Crippen LogP contribution is 2.29. The SMILES string of the molecule is O=C(CSc1nc2ccccc2s1)N1CCCC(Oc2ncc(F)cn2)C1. The molecule has 0 saturated carbocycles. The summed E-state index contributed by atoms with van der Waals surface area (Å²) < 4.78 is 20.6. The standard InChI is InChI=1S/C18H17FN4O2S2/c19-12-8-20-17(21-9-12)25-13-4-3-7-23(10-13)16(24)11-26-18-22-14-5-1-2-6-15(14)27-18/h1-2,5-6,8-9,13H,3-4,7,10-11H2. The average molecular weight is 404 g/mol. The fourth-order valence-corrected chi connectivity index (χ4v) is 4.87. The minimum atomic E-state index is -0.505. The average Bonchev–Trinajstić information content (AvgIpc) is 3.11. The Balaban J connectivity index is 1.32. The van der Waals surface area contributed by atoms with Crippen LogP contribution in [0.1, 0.15) is 12.8 Å². The fourth-order valence-electron chi connectivity index (χ4n) is 2.90. The van der Waals surface area contributed by atoms with E-state index in [1.165, 1.54) is 11.8 Å². The summed E-state index contributed by atoms with van der Waals surface area (Å²) in [5.41, 5.74) is 0.961. The lowest BCUT2D eigenvalue weighted by Crippen LogP contribution is -2.45. The summed E-state index contributed by atoms with van der Waals surface area (Å²) in [7, 11) is 0. The highest BCUT2D eigenvalue weighted by atomic mass is 32.2. The molecule has 1 atom stereocenters. The van der Waals surface area contributed by atoms with Gasteiger partial charge in [-0.2, -0.15) is 0 Å². The van der Waals surface area contributed by atoms with Gasteiger partial charge in [-0.05, 0) is 25.0 Å². The van der Waals surface area contributed by atoms with Crippen LogP contribution in [0, 0.1) is 5.82 Å². The molecule has 1 amide bonds. The molecular formula is C18H17FN4O2S2. The summed E-state index contributed by atoms with van der Waals surface area (Å²) in [6.07, 6.45) is 3.63. The number of likely N-dealkylation sites (tertiary alicyclic amines) is 1. The van der Waals surface area contributed by atoms with E-state index in [1.54, 1.807) is 16.2 Å². The molecule has 1 fully saturated rings. The number of thioether (sulfide) groups is 1. The first-order valence-electron chi connectivity index (χ1n) is 8.58. The maximum absolute atomic E-state index is 12.9. The second kappa shape index (κ2) is 8.18. The van der Waals surface area contributed by atoms with Crippen molar-refractivity contribution >= 4 is 39.2 Å². The normalized spacial score (nSPS) is 17.2. The third-order valence-corrected chi connectivity index (χ3v) is 6.36. The van der Waals surface area contributed by atoms with Gasteiger partial charge in [0.1, 0.15) is 6.10 Å². The minimum absolute atomic E-state index is 0.0626. The second-order valence-corrected chi connectivity index (χ2v) is 8.39. The molecule has 0 radical (unpaired) electrons. The molecule has 27 heavy (non-hydrogen) atoms. The Hall–Kier alpha value is -2.26. The number of piperidine rings is 1. The van der Waals surface area contributed by atoms with Crippen LogP contribution in [0.25, 0.3) is 10.2 Å². The lowest BCUT2D eigenvalue weighted by Gasteiger charge is -2.32. The Morgan fingerprint density at radius 1 is 1.33 bits per heavy atom. The maximum Gasteiger partial charge on any atom is 0.316 e. The van der Waals surface area contributed by atoms with Crippen molar-refractivity contribution in [1.82, 2.24) is 19.9 Å². The van der Waals surface area contributed by atoms with Crippen LogP contribution in [0.2, 0.25) is 0 Å². The zero-order valence-electron chi connectivity index (χ0n) is 14.4. The number of rotatable bonds is 5. The monoisotopic (exact) mass is 404 g/mol. The topological polar surface area (TPSA) is 68.2 Å². The molecule has 6 nitrogen and oxygen atoms in total. The lowest BCUT2D eigenvalue weighted by atomic mass is 10.1. The summed E-state index contributed by atoms with van der Waals surface area (Å²) in [4.78, 5) is 26.6. The van der Waals surface area contributed by atoms with Gasteiger partial charge in [0.15, 0.2) is 10.2 Å². The number of para-hydroxylation sites is 1. The second-order valence-electron chi connectivity index (χ2n) is 6.14. The Bertz CT molecular complexity index is 902. The van der Waals surface area contributed by atoms with Crippen LogP contribution in [0.15, 0.2) is 41.0 Å². The van der Waals surface area contributed by atoms with Gasteiger partial charge in [-0.15, -0.1) is 11.3 Å². The first-order chi connectivity index (χ1) is 13.2. The van der Waals surface area contributed by atoms with Crippen LogP contribution in [0.3, 0.4) is 0 Å². The van der Waals surface area contributed by atoms with Gasteiger partial charge in [0, 0.05) is 6.54 Å². The van der Waals surface area contributed by atoms with E-state index >= 15 is 0 Å². The third kappa shape index (κ3) is 4.54. The molecule has 3 heterocycles. The van der Waals surface area contributed by atoms with Crippen molar-refractivity contribution in [3.63, 3.8) is 0 Å². The number of aromatic nitrogens is 3. The molecule has 1 aromatic carbocycles. The van der Waals surface area contributed by atoms with Gasteiger partial charge in [-0.25, -0.2) is 19.3 Å². The number of halogens is 1. The Morgan fingerprint density at radius 2 is 2.15 bits per heavy atom. The molecule has 1 aliphatic rings. The molecule has 4 rings (SSSR count). The number of ether oxygens (including phenoxy) is 1. The lowest BCUT2D eigenvalue weighted by molar-refractivity contribution is -0.131. The van der Waals surface area contributed by atoms with Crippen LogP contribution in [-0.4, -0.2) is 50.7 Å². The van der Waals surface area contributed by atoms with E-state index in [0.717, 1.165) is 39.8 Å². The van der Waals surface area contributed by atoms with E-state index in [2.05, 4.69) is 15.0 Å². The zero-order chi connectivity index (χ0) is 18.6. The van der Waals surface area contributed by atoms with Crippen LogP contribution < -0.4 is 4.74 Å². The third-order valence-electron chi connectivity index (χ3n) is 4.19. The number of fused-ring (bicyclic) bond motifs is 1. The van der Waals surface area contributed by atoms with Crippen molar-refractivity contribution in [2.24, 2.45) is 0 Å². The number of amides is 1. The van der Waals surface area contributed by atoms with Crippen molar-refractivity contribution in [1.29, 1.82) is 0 Å². The largest absolute Gasteiger partial charge is 0.458 e. The number of hydrogen-bond donors (Lipinski definition) is 0. The molecule has 0 N–H and O–H groups in total. The van der Waals surface area contributed by atoms with Crippen molar-refractivity contribution in [3.8, 4) is 6.01 Å². The van der Waals surface area contributed by atoms with Gasteiger partial charge < -0.3 is 9.64 Å². The Kier molecular flexibility index (Phi) is 5.49. The number of nitrogens with zero attached hydrogens (tertiary/aromatic N) is 4. The molecule has 3 aromatic rings. The van der Waals surface area contributed by atoms with Crippen LogP contribution in [0.4, 0.5) is 4.39 Å². The molecular weight excluding hydrogens is 387 g/mol. The van der Waals surface area contributed by atoms with Crippen molar-refractivity contribution < 1.29 is 13.9 Å². The van der Waals surface area contributed by atoms with Crippen LogP contribution >= 0.6 is 23.1 Å². The number of benzene rings is 1. The molecule has 1 saturated heterocycles. The molecule has 0 aliphatic carbocycles. The predicted molar refractivity (Wildman–Crippen MR) is 103 cm³/mol. The summed E-state index contributed by atoms with van der Waals surface area (Å²) in [6.45, 7) is 1.20. The van der Waals surface area contributed by atoms with Crippen LogP contribution in [-0.2, 0) is 4.79 Å². The van der Waals surface area contributed by atoms with E-state index in [1.807, 2.05) is 24.3 Å². The zero-order valence-corrected chi connectivity index (χ0v) is 16.0. The first kappa shape index (κ1) is 18.1. The summed E-state index contributed by atoms with van der Waals surface area (Å²) >= 11 is 3.06. The quantitative estimate of drug-likeness (QED) is 0.607. The van der Waals surface area contributed by atoms with Crippen molar-refractivity contribution in [2.45, 2.75) is 23.3 Å². The number of carbonyl (C=O) groups excluding carboxylic acids is 1. The predicted octanol–water partition coefficient (Wildman–Crippen LogP) is 3.39. The van der Waals surface area contributed by atoms with E-state index in [4.69, 9.17) is 4.74 Å². The van der Waals surface area contributed by atoms with Crippen LogP contribution in [0.5, 0.6) is 6.01 Å². The molecule has 0 bridgehead atoms. The van der Waals surface area contributed by atoms with Gasteiger partial charge in [0.2, 0.25) is 5.91 Å². The minimum Gasteiger partial charge on any atom is -0.458 e. The summed E-state index contributed by atoms with van der Waals surface area (Å²) in [5, 5.41) is 0. The molecule has 0 spiro atoms. The molecule has 1 unspecified atom stereocenters. The highest BCUT2D eigenvalue weighted by molar-refractivity contribution is 8.01. The maximum atomic E-state index is 12.9. The van der Waals surface area contributed by atoms with Gasteiger partial charge >= 0.3 is 6.01 Å². The van der Waals surface area contributed by atoms with Gasteiger partial charge in [0.05, 0.1) is 34.9 Å². The Morgan fingerprint density at radius 3 is 2.96 bits per heavy atom. The smallest absolute Gasteiger partial charge is 0.316 e. The van der Waals surface area contributed by atoms with E-state index in [9.17, 15) is 9.18 Å². The molecule has 2 aromatic heterocycles. The molecule has 9 heteroatoms. The van der Waals surface area contributed by atoms with E-state index in [0.29, 0.717) is 18.8 Å². The molecule has 1 aliphatic heterocycles. The van der Waals surface area contributed by atoms with Gasteiger partial charge in [0.25, 0.3) is 0 Å². The van der Waals surface area contributed by atoms with Crippen molar-refractivity contribution in [3.05, 3.63) is 42.5 Å². The summed E-state index contributed by atoms with van der Waals surface area (Å²) in [6, 6.07) is 8.09. The van der Waals surface area contributed by atoms with E-state index in [-0.39, 0.29) is 18.0 Å². The first-order valence-corrected chi connectivity index (χ1v) is 10.4. The van der Waals surface area contributed by atoms with E-state index < -0.39 is 5.82 Å².